The standard InChI is InChI=1S/C14H22BrNOS/c1-18-12-4-2-3-9-16-10-11-17-14-7-5-13(15)6-8-14/h5-8,16H,2-4,9-12H2,1H3. The maximum atomic E-state index is 5.62. The molecule has 0 atom stereocenters. The fourth-order valence-corrected chi connectivity index (χ4v) is 2.33. The first-order chi connectivity index (χ1) is 8.83. The summed E-state index contributed by atoms with van der Waals surface area (Å²) in [5.41, 5.74) is 0. The van der Waals surface area contributed by atoms with Crippen LogP contribution in [0, 0.1) is 0 Å². The minimum Gasteiger partial charge on any atom is -0.492 e. The molecule has 0 bridgehead atoms. The van der Waals surface area contributed by atoms with Gasteiger partial charge in [-0.3, -0.25) is 0 Å². The van der Waals surface area contributed by atoms with Crippen molar-refractivity contribution in [1.82, 2.24) is 5.32 Å². The Morgan fingerprint density at radius 3 is 2.61 bits per heavy atom. The van der Waals surface area contributed by atoms with Gasteiger partial charge in [-0.15, -0.1) is 0 Å². The van der Waals surface area contributed by atoms with Gasteiger partial charge in [0.1, 0.15) is 12.4 Å². The zero-order chi connectivity index (χ0) is 13.1. The van der Waals surface area contributed by atoms with Crippen molar-refractivity contribution in [3.05, 3.63) is 28.7 Å². The molecule has 0 heterocycles. The van der Waals surface area contributed by atoms with Crippen LogP contribution in [0.25, 0.3) is 0 Å². The van der Waals surface area contributed by atoms with Gasteiger partial charge in [-0.25, -0.2) is 0 Å². The highest BCUT2D eigenvalue weighted by Gasteiger charge is 1.94. The molecule has 0 unspecified atom stereocenters. The summed E-state index contributed by atoms with van der Waals surface area (Å²) < 4.78 is 6.70. The van der Waals surface area contributed by atoms with E-state index >= 15 is 0 Å². The van der Waals surface area contributed by atoms with Crippen molar-refractivity contribution >= 4 is 27.7 Å². The molecule has 18 heavy (non-hydrogen) atoms. The Bertz CT molecular complexity index is 305. The topological polar surface area (TPSA) is 21.3 Å². The number of benzene rings is 1. The SMILES string of the molecule is CSCCCCCNCCOc1ccc(Br)cc1. The molecule has 0 aromatic heterocycles. The van der Waals surface area contributed by atoms with E-state index in [4.69, 9.17) is 4.74 Å². The molecule has 0 spiro atoms. The lowest BCUT2D eigenvalue weighted by Gasteiger charge is -2.07. The summed E-state index contributed by atoms with van der Waals surface area (Å²) in [5.74, 6) is 2.21. The molecule has 0 fully saturated rings. The summed E-state index contributed by atoms with van der Waals surface area (Å²) in [6.45, 7) is 2.74. The van der Waals surface area contributed by atoms with Gasteiger partial charge in [0.25, 0.3) is 0 Å². The summed E-state index contributed by atoms with van der Waals surface area (Å²) >= 11 is 5.33. The van der Waals surface area contributed by atoms with Crippen LogP contribution in [-0.4, -0.2) is 31.7 Å². The summed E-state index contributed by atoms with van der Waals surface area (Å²) in [6, 6.07) is 7.95. The zero-order valence-corrected chi connectivity index (χ0v) is 13.4. The van der Waals surface area contributed by atoms with E-state index in [2.05, 4.69) is 27.5 Å². The van der Waals surface area contributed by atoms with Gasteiger partial charge in [0, 0.05) is 11.0 Å². The highest BCUT2D eigenvalue weighted by molar-refractivity contribution is 9.10. The molecule has 1 rings (SSSR count). The van der Waals surface area contributed by atoms with Gasteiger partial charge in [-0.05, 0) is 55.7 Å². The first-order valence-corrected chi connectivity index (χ1v) is 8.59. The summed E-state index contributed by atoms with van der Waals surface area (Å²) in [4.78, 5) is 0. The number of hydrogen-bond acceptors (Lipinski definition) is 3. The maximum Gasteiger partial charge on any atom is 0.119 e. The second-order valence-corrected chi connectivity index (χ2v) is 6.01. The van der Waals surface area contributed by atoms with Crippen molar-refractivity contribution in [2.45, 2.75) is 19.3 Å². The van der Waals surface area contributed by atoms with Crippen LogP contribution in [0.1, 0.15) is 19.3 Å². The highest BCUT2D eigenvalue weighted by Crippen LogP contribution is 2.15. The summed E-state index contributed by atoms with van der Waals surface area (Å²) in [7, 11) is 0. The van der Waals surface area contributed by atoms with E-state index in [1.807, 2.05) is 36.0 Å². The zero-order valence-electron chi connectivity index (χ0n) is 11.0. The minimum atomic E-state index is 0.729. The van der Waals surface area contributed by atoms with Crippen molar-refractivity contribution < 1.29 is 4.74 Å². The van der Waals surface area contributed by atoms with Gasteiger partial charge in [0.2, 0.25) is 0 Å². The van der Waals surface area contributed by atoms with Crippen molar-refractivity contribution in [3.8, 4) is 5.75 Å². The van der Waals surface area contributed by atoms with Crippen LogP contribution in [-0.2, 0) is 0 Å². The van der Waals surface area contributed by atoms with E-state index in [0.29, 0.717) is 0 Å². The number of halogens is 1. The minimum absolute atomic E-state index is 0.729. The Hall–Kier alpha value is -0.190. The Kier molecular flexibility index (Phi) is 9.44. The van der Waals surface area contributed by atoms with Gasteiger partial charge in [0.05, 0.1) is 0 Å². The van der Waals surface area contributed by atoms with Crippen molar-refractivity contribution in [2.75, 3.05) is 31.7 Å². The van der Waals surface area contributed by atoms with E-state index in [1.54, 1.807) is 0 Å². The third kappa shape index (κ3) is 8.01. The van der Waals surface area contributed by atoms with Crippen molar-refractivity contribution in [2.24, 2.45) is 0 Å². The Morgan fingerprint density at radius 1 is 1.11 bits per heavy atom. The Morgan fingerprint density at radius 2 is 1.89 bits per heavy atom. The molecular formula is C14H22BrNOS. The molecule has 0 saturated carbocycles. The largest absolute Gasteiger partial charge is 0.492 e. The molecular weight excluding hydrogens is 310 g/mol. The number of hydrogen-bond donors (Lipinski definition) is 1. The van der Waals surface area contributed by atoms with E-state index < -0.39 is 0 Å². The van der Waals surface area contributed by atoms with E-state index in [-0.39, 0.29) is 0 Å². The molecule has 0 aliphatic heterocycles. The Balaban J connectivity index is 1.91. The van der Waals surface area contributed by atoms with Gasteiger partial charge in [0.15, 0.2) is 0 Å². The van der Waals surface area contributed by atoms with Crippen molar-refractivity contribution in [1.29, 1.82) is 0 Å². The quantitative estimate of drug-likeness (QED) is 0.656. The predicted octanol–water partition coefficient (Wildman–Crippen LogP) is 3.95. The van der Waals surface area contributed by atoms with E-state index in [9.17, 15) is 0 Å². The fraction of sp³-hybridized carbons (Fsp3) is 0.571. The van der Waals surface area contributed by atoms with Crippen LogP contribution in [0.15, 0.2) is 28.7 Å². The number of thioether (sulfide) groups is 1. The fourth-order valence-electron chi connectivity index (χ4n) is 1.57. The molecule has 4 heteroatoms. The average Bonchev–Trinajstić information content (AvgIpc) is 2.39. The van der Waals surface area contributed by atoms with E-state index in [0.717, 1.165) is 29.9 Å². The third-order valence-corrected chi connectivity index (χ3v) is 3.79. The lowest BCUT2D eigenvalue weighted by molar-refractivity contribution is 0.313. The maximum absolute atomic E-state index is 5.62. The molecule has 1 aromatic carbocycles. The molecule has 102 valence electrons. The van der Waals surface area contributed by atoms with Crippen LogP contribution in [0.3, 0.4) is 0 Å². The van der Waals surface area contributed by atoms with Crippen LogP contribution in [0.5, 0.6) is 5.75 Å². The lowest BCUT2D eigenvalue weighted by Crippen LogP contribution is -2.22. The lowest BCUT2D eigenvalue weighted by atomic mass is 10.2. The number of unbranched alkanes of at least 4 members (excludes halogenated alkanes) is 2. The van der Waals surface area contributed by atoms with Crippen LogP contribution >= 0.6 is 27.7 Å². The second-order valence-electron chi connectivity index (χ2n) is 4.11. The molecule has 0 aliphatic rings. The van der Waals surface area contributed by atoms with E-state index in [1.165, 1.54) is 25.0 Å². The van der Waals surface area contributed by atoms with Crippen LogP contribution in [0.4, 0.5) is 0 Å². The van der Waals surface area contributed by atoms with Crippen molar-refractivity contribution in [3.63, 3.8) is 0 Å². The number of nitrogens with one attached hydrogen (secondary N) is 1. The van der Waals surface area contributed by atoms with Gasteiger partial charge >= 0.3 is 0 Å². The first kappa shape index (κ1) is 15.9. The molecule has 0 radical (unpaired) electrons. The van der Waals surface area contributed by atoms with Crippen LogP contribution in [0.2, 0.25) is 0 Å². The average molecular weight is 332 g/mol. The van der Waals surface area contributed by atoms with Gasteiger partial charge in [-0.2, -0.15) is 11.8 Å². The normalized spacial score (nSPS) is 10.6. The summed E-state index contributed by atoms with van der Waals surface area (Å²) in [5, 5.41) is 3.40. The first-order valence-electron chi connectivity index (χ1n) is 6.41. The van der Waals surface area contributed by atoms with Gasteiger partial charge in [-0.1, -0.05) is 22.4 Å². The smallest absolute Gasteiger partial charge is 0.119 e. The van der Waals surface area contributed by atoms with Gasteiger partial charge < -0.3 is 10.1 Å². The predicted molar refractivity (Wildman–Crippen MR) is 84.7 cm³/mol. The monoisotopic (exact) mass is 331 g/mol. The molecule has 2 nitrogen and oxygen atoms in total. The summed E-state index contributed by atoms with van der Waals surface area (Å²) in [6.07, 6.45) is 6.08. The number of ether oxygens (including phenoxy) is 1. The number of rotatable bonds is 10. The molecule has 0 saturated heterocycles. The third-order valence-electron chi connectivity index (χ3n) is 2.56. The highest BCUT2D eigenvalue weighted by atomic mass is 79.9. The molecule has 1 N–H and O–H groups in total. The molecule has 1 aromatic rings. The second kappa shape index (κ2) is 10.7. The van der Waals surface area contributed by atoms with Crippen LogP contribution < -0.4 is 10.1 Å². The molecule has 0 amide bonds. The Labute approximate surface area is 123 Å². The molecule has 0 aliphatic carbocycles.